The molecule has 1 heterocycles. The number of rotatable bonds is 3. The van der Waals surface area contributed by atoms with E-state index in [4.69, 9.17) is 28.3 Å². The van der Waals surface area contributed by atoms with Crippen molar-refractivity contribution in [2.75, 3.05) is 5.32 Å². The summed E-state index contributed by atoms with van der Waals surface area (Å²) in [4.78, 5) is 27.2. The number of benzene rings is 1. The summed E-state index contributed by atoms with van der Waals surface area (Å²) in [7, 11) is 0. The number of hydrogen-bond acceptors (Lipinski definition) is 4. The van der Waals surface area contributed by atoms with Crippen LogP contribution in [0.2, 0.25) is 0 Å². The van der Waals surface area contributed by atoms with Crippen LogP contribution in [0.4, 0.5) is 9.52 Å². The number of halogens is 3. The smallest absolute Gasteiger partial charge is 0.335 e. The molecule has 2 aromatic rings. The first-order chi connectivity index (χ1) is 11.3. The number of carboxylic acids is 1. The van der Waals surface area contributed by atoms with Crippen molar-refractivity contribution in [2.45, 2.75) is 13.3 Å². The highest BCUT2D eigenvalue weighted by atomic mass is 35.5. The Hall–Kier alpha value is -1.96. The van der Waals surface area contributed by atoms with Crippen LogP contribution in [0.1, 0.15) is 23.7 Å². The maximum atomic E-state index is 13.9. The second kappa shape index (κ2) is 6.16. The number of carbonyl (C=O) groups excluding carboxylic acids is 1. The number of hydrogen-bond donors (Lipinski definition) is 2. The van der Waals surface area contributed by atoms with Gasteiger partial charge in [-0.2, -0.15) is 0 Å². The first-order valence-corrected chi connectivity index (χ1v) is 8.24. The Kier molecular flexibility index (Phi) is 4.33. The predicted octanol–water partition coefficient (Wildman–Crippen LogP) is 4.48. The Morgan fingerprint density at radius 2 is 2.04 bits per heavy atom. The first kappa shape index (κ1) is 16.9. The molecule has 1 amide bonds. The molecular formula is C15H9Cl2FN2O3S. The second-order valence-corrected chi connectivity index (χ2v) is 6.93. The molecule has 1 aromatic carbocycles. The Morgan fingerprint density at radius 3 is 2.62 bits per heavy atom. The Labute approximate surface area is 149 Å². The number of amides is 1. The van der Waals surface area contributed by atoms with Gasteiger partial charge in [0.25, 0.3) is 5.91 Å². The number of carboxylic acid groups (broad SMARTS) is 1. The highest BCUT2D eigenvalue weighted by Gasteiger charge is 2.25. The topological polar surface area (TPSA) is 79.3 Å². The van der Waals surface area contributed by atoms with E-state index in [1.165, 1.54) is 6.07 Å². The number of aromatic carboxylic acids is 1. The molecule has 0 saturated heterocycles. The highest BCUT2D eigenvalue weighted by Crippen LogP contribution is 2.38. The van der Waals surface area contributed by atoms with E-state index in [-0.39, 0.29) is 21.2 Å². The molecule has 1 aliphatic carbocycles. The van der Waals surface area contributed by atoms with Crippen LogP contribution in [0.15, 0.2) is 33.3 Å². The van der Waals surface area contributed by atoms with Gasteiger partial charge in [0.1, 0.15) is 5.52 Å². The van der Waals surface area contributed by atoms with E-state index in [2.05, 4.69) is 10.3 Å². The average molecular weight is 387 g/mol. The van der Waals surface area contributed by atoms with Gasteiger partial charge < -0.3 is 5.11 Å². The average Bonchev–Trinajstić information content (AvgIpc) is 3.03. The number of aromatic nitrogens is 1. The number of anilines is 1. The summed E-state index contributed by atoms with van der Waals surface area (Å²) in [5, 5.41) is 12.2. The van der Waals surface area contributed by atoms with E-state index < -0.39 is 17.7 Å². The van der Waals surface area contributed by atoms with Gasteiger partial charge in [-0.05, 0) is 24.6 Å². The van der Waals surface area contributed by atoms with Crippen molar-refractivity contribution in [3.63, 3.8) is 0 Å². The molecule has 0 spiro atoms. The normalized spacial score (nSPS) is 14.7. The van der Waals surface area contributed by atoms with Gasteiger partial charge in [0.2, 0.25) is 0 Å². The van der Waals surface area contributed by atoms with Crippen molar-refractivity contribution in [1.29, 1.82) is 0 Å². The largest absolute Gasteiger partial charge is 0.478 e. The van der Waals surface area contributed by atoms with Gasteiger partial charge in [-0.15, -0.1) is 0 Å². The fraction of sp³-hybridized carbons (Fsp3) is 0.133. The lowest BCUT2D eigenvalue weighted by molar-refractivity contribution is -0.112. The van der Waals surface area contributed by atoms with E-state index >= 15 is 0 Å². The number of allylic oxidation sites excluding steroid dienone is 3. The molecule has 0 radical (unpaired) electrons. The predicted molar refractivity (Wildman–Crippen MR) is 91.2 cm³/mol. The molecule has 124 valence electrons. The fourth-order valence-electron chi connectivity index (χ4n) is 2.26. The molecular weight excluding hydrogens is 378 g/mol. The van der Waals surface area contributed by atoms with Crippen LogP contribution in [0, 0.1) is 5.82 Å². The third-order valence-electron chi connectivity index (χ3n) is 3.46. The van der Waals surface area contributed by atoms with Crippen LogP contribution in [-0.4, -0.2) is 22.0 Å². The van der Waals surface area contributed by atoms with Gasteiger partial charge in [0.15, 0.2) is 10.9 Å². The summed E-state index contributed by atoms with van der Waals surface area (Å²) in [5.41, 5.74) is 0.909. The molecule has 0 fully saturated rings. The van der Waals surface area contributed by atoms with Crippen molar-refractivity contribution < 1.29 is 19.1 Å². The Balaban J connectivity index is 1.90. The van der Waals surface area contributed by atoms with Crippen LogP contribution >= 0.6 is 34.5 Å². The summed E-state index contributed by atoms with van der Waals surface area (Å²) in [6, 6.07) is 2.19. The lowest BCUT2D eigenvalue weighted by Crippen LogP contribution is -2.14. The van der Waals surface area contributed by atoms with Gasteiger partial charge in [-0.1, -0.05) is 34.5 Å². The molecule has 5 nitrogen and oxygen atoms in total. The lowest BCUT2D eigenvalue weighted by Gasteiger charge is -2.03. The molecule has 0 saturated carbocycles. The maximum absolute atomic E-state index is 13.9. The molecule has 1 aliphatic rings. The molecule has 0 atom stereocenters. The number of carbonyl (C=O) groups is 2. The van der Waals surface area contributed by atoms with E-state index in [0.29, 0.717) is 21.7 Å². The zero-order chi connectivity index (χ0) is 17.6. The quantitative estimate of drug-likeness (QED) is 0.814. The Morgan fingerprint density at radius 1 is 1.33 bits per heavy atom. The minimum atomic E-state index is -1.24. The number of nitrogens with zero attached hydrogens (tertiary/aromatic N) is 1. The summed E-state index contributed by atoms with van der Waals surface area (Å²) >= 11 is 13.0. The van der Waals surface area contributed by atoms with Crippen LogP contribution in [-0.2, 0) is 4.79 Å². The minimum absolute atomic E-state index is 0.000800. The molecule has 0 bridgehead atoms. The number of fused-ring (bicyclic) bond motifs is 1. The molecule has 3 rings (SSSR count). The van der Waals surface area contributed by atoms with Gasteiger partial charge in [0.05, 0.1) is 20.3 Å². The highest BCUT2D eigenvalue weighted by molar-refractivity contribution is 7.22. The van der Waals surface area contributed by atoms with Crippen LogP contribution < -0.4 is 5.32 Å². The van der Waals surface area contributed by atoms with Crippen molar-refractivity contribution in [3.8, 4) is 0 Å². The molecule has 9 heteroatoms. The summed E-state index contributed by atoms with van der Waals surface area (Å²) in [6.07, 6.45) is 0.325. The zero-order valence-corrected chi connectivity index (χ0v) is 14.4. The van der Waals surface area contributed by atoms with Crippen LogP contribution in [0.3, 0.4) is 0 Å². The van der Waals surface area contributed by atoms with E-state index in [0.717, 1.165) is 23.0 Å². The van der Waals surface area contributed by atoms with Gasteiger partial charge in [-0.3, -0.25) is 10.1 Å². The van der Waals surface area contributed by atoms with E-state index in [1.54, 1.807) is 6.92 Å². The van der Waals surface area contributed by atoms with Crippen LogP contribution in [0.25, 0.3) is 10.2 Å². The van der Waals surface area contributed by atoms with Crippen molar-refractivity contribution in [3.05, 3.63) is 44.7 Å². The molecule has 24 heavy (non-hydrogen) atoms. The van der Waals surface area contributed by atoms with Crippen molar-refractivity contribution in [2.24, 2.45) is 0 Å². The third kappa shape index (κ3) is 2.90. The molecule has 1 aromatic heterocycles. The SMILES string of the molecule is CC1=C(Cl)C(Cl)=C(C(=O)Nc2nc3c(F)cc(C(=O)O)cc3s2)C1. The van der Waals surface area contributed by atoms with E-state index in [9.17, 15) is 14.0 Å². The van der Waals surface area contributed by atoms with Gasteiger partial charge in [0, 0.05) is 12.0 Å². The van der Waals surface area contributed by atoms with Gasteiger partial charge >= 0.3 is 5.97 Å². The van der Waals surface area contributed by atoms with Gasteiger partial charge in [-0.25, -0.2) is 14.2 Å². The molecule has 0 unspecified atom stereocenters. The van der Waals surface area contributed by atoms with Crippen LogP contribution in [0.5, 0.6) is 0 Å². The standard InChI is InChI=1S/C15H9Cl2FN2O3S/c1-5-2-7(11(17)10(5)16)13(21)20-15-19-12-8(18)3-6(14(22)23)4-9(12)24-15/h3-4H,2H2,1H3,(H,22,23)(H,19,20,21). The number of thiazole rings is 1. The lowest BCUT2D eigenvalue weighted by atomic mass is 10.1. The fourth-order valence-corrected chi connectivity index (χ4v) is 3.67. The third-order valence-corrected chi connectivity index (χ3v) is 5.41. The van der Waals surface area contributed by atoms with Crippen molar-refractivity contribution >= 4 is 61.8 Å². The summed E-state index contributed by atoms with van der Waals surface area (Å²) in [6.45, 7) is 1.77. The first-order valence-electron chi connectivity index (χ1n) is 6.67. The van der Waals surface area contributed by atoms with E-state index in [1.807, 2.05) is 0 Å². The second-order valence-electron chi connectivity index (χ2n) is 5.15. The Bertz CT molecular complexity index is 965. The monoisotopic (exact) mass is 386 g/mol. The summed E-state index contributed by atoms with van der Waals surface area (Å²) < 4.78 is 14.3. The summed E-state index contributed by atoms with van der Waals surface area (Å²) in [5.74, 6) is -2.48. The molecule has 2 N–H and O–H groups in total. The molecule has 0 aliphatic heterocycles. The maximum Gasteiger partial charge on any atom is 0.335 e. The number of nitrogens with one attached hydrogen (secondary N) is 1. The van der Waals surface area contributed by atoms with Crippen molar-refractivity contribution in [1.82, 2.24) is 4.98 Å². The minimum Gasteiger partial charge on any atom is -0.478 e. The zero-order valence-electron chi connectivity index (χ0n) is 12.1.